The Bertz CT molecular complexity index is 489. The zero-order chi connectivity index (χ0) is 13.0. The lowest BCUT2D eigenvalue weighted by molar-refractivity contribution is 0.431. The number of hydrogen-bond donors (Lipinski definition) is 1. The van der Waals surface area contributed by atoms with Crippen LogP contribution >= 0.6 is 11.6 Å². The Balaban J connectivity index is 1.99. The second kappa shape index (κ2) is 6.07. The van der Waals surface area contributed by atoms with Crippen molar-refractivity contribution in [3.05, 3.63) is 58.5 Å². The summed E-state index contributed by atoms with van der Waals surface area (Å²) in [6, 6.07) is 12.3. The minimum Gasteiger partial charge on any atom is -0.465 e. The minimum absolute atomic E-state index is 0.327. The molecule has 1 aromatic carbocycles. The molecule has 0 bridgehead atoms. The molecule has 3 heteroatoms. The van der Waals surface area contributed by atoms with Crippen molar-refractivity contribution in [1.82, 2.24) is 5.32 Å². The first-order valence-electron chi connectivity index (χ1n) is 6.23. The number of benzene rings is 1. The molecule has 0 spiro atoms. The zero-order valence-electron chi connectivity index (χ0n) is 10.7. The van der Waals surface area contributed by atoms with E-state index in [9.17, 15) is 0 Å². The van der Waals surface area contributed by atoms with Crippen molar-refractivity contribution in [2.24, 2.45) is 0 Å². The number of halogens is 1. The highest BCUT2D eigenvalue weighted by atomic mass is 35.5. The Morgan fingerprint density at radius 1 is 1.17 bits per heavy atom. The molecule has 1 atom stereocenters. The van der Waals surface area contributed by atoms with Crippen molar-refractivity contribution >= 4 is 11.6 Å². The summed E-state index contributed by atoms with van der Waals surface area (Å²) in [5.41, 5.74) is 1.25. The topological polar surface area (TPSA) is 25.2 Å². The van der Waals surface area contributed by atoms with Crippen molar-refractivity contribution in [3.63, 3.8) is 0 Å². The molecule has 2 aromatic rings. The predicted molar refractivity (Wildman–Crippen MR) is 74.8 cm³/mol. The number of aryl methyl sites for hydroxylation is 1. The van der Waals surface area contributed by atoms with Crippen molar-refractivity contribution in [2.45, 2.75) is 32.9 Å². The summed E-state index contributed by atoms with van der Waals surface area (Å²) in [4.78, 5) is 0. The minimum atomic E-state index is 0.327. The lowest BCUT2D eigenvalue weighted by Crippen LogP contribution is -2.19. The second-order valence-corrected chi connectivity index (χ2v) is 4.84. The predicted octanol–water partition coefficient (Wildman–Crippen LogP) is 4.48. The normalized spacial score (nSPS) is 12.6. The average molecular weight is 264 g/mol. The molecule has 0 aliphatic rings. The summed E-state index contributed by atoms with van der Waals surface area (Å²) < 4.78 is 5.55. The van der Waals surface area contributed by atoms with Crippen LogP contribution in [0.4, 0.5) is 0 Å². The van der Waals surface area contributed by atoms with Crippen LogP contribution < -0.4 is 5.32 Å². The van der Waals surface area contributed by atoms with Gasteiger partial charge in [0.25, 0.3) is 0 Å². The Morgan fingerprint density at radius 2 is 1.89 bits per heavy atom. The molecular weight excluding hydrogens is 246 g/mol. The summed E-state index contributed by atoms with van der Waals surface area (Å²) in [7, 11) is 0. The van der Waals surface area contributed by atoms with Crippen molar-refractivity contribution in [1.29, 1.82) is 0 Å². The van der Waals surface area contributed by atoms with Crippen LogP contribution in [-0.2, 0) is 6.54 Å². The van der Waals surface area contributed by atoms with E-state index in [2.05, 4.69) is 24.4 Å². The Labute approximate surface area is 113 Å². The highest BCUT2D eigenvalue weighted by Gasteiger charge is 2.09. The number of nitrogens with one attached hydrogen (secondary N) is 1. The van der Waals surface area contributed by atoms with E-state index in [-0.39, 0.29) is 0 Å². The lowest BCUT2D eigenvalue weighted by Gasteiger charge is -2.16. The van der Waals surface area contributed by atoms with Gasteiger partial charge >= 0.3 is 0 Å². The van der Waals surface area contributed by atoms with Crippen LogP contribution in [0.25, 0.3) is 0 Å². The largest absolute Gasteiger partial charge is 0.465 e. The van der Waals surface area contributed by atoms with Gasteiger partial charge < -0.3 is 9.73 Å². The molecule has 0 amide bonds. The van der Waals surface area contributed by atoms with Gasteiger partial charge in [0.05, 0.1) is 6.54 Å². The Morgan fingerprint density at radius 3 is 2.44 bits per heavy atom. The first-order valence-corrected chi connectivity index (χ1v) is 6.61. The van der Waals surface area contributed by atoms with E-state index in [1.54, 1.807) is 0 Å². The highest BCUT2D eigenvalue weighted by molar-refractivity contribution is 6.30. The van der Waals surface area contributed by atoms with Gasteiger partial charge in [-0.2, -0.15) is 0 Å². The van der Waals surface area contributed by atoms with Crippen LogP contribution in [0.2, 0.25) is 5.02 Å². The lowest BCUT2D eigenvalue weighted by atomic mass is 10.0. The molecule has 1 unspecified atom stereocenters. The molecule has 0 saturated heterocycles. The maximum atomic E-state index is 5.90. The maximum absolute atomic E-state index is 5.90. The molecule has 1 aromatic heterocycles. The van der Waals surface area contributed by atoms with Gasteiger partial charge in [-0.25, -0.2) is 0 Å². The molecule has 1 N–H and O–H groups in total. The SMILES string of the molecule is CCC(NCc1ccc(C)o1)c1ccc(Cl)cc1. The number of rotatable bonds is 5. The maximum Gasteiger partial charge on any atom is 0.117 e. The van der Waals surface area contributed by atoms with E-state index < -0.39 is 0 Å². The average Bonchev–Trinajstić information content (AvgIpc) is 2.78. The van der Waals surface area contributed by atoms with E-state index in [4.69, 9.17) is 16.0 Å². The Hall–Kier alpha value is -1.25. The van der Waals surface area contributed by atoms with Gasteiger partial charge in [-0.1, -0.05) is 30.7 Å². The fourth-order valence-electron chi connectivity index (χ4n) is 2.00. The van der Waals surface area contributed by atoms with Gasteiger partial charge in [-0.05, 0) is 43.2 Å². The van der Waals surface area contributed by atoms with Gasteiger partial charge in [0.2, 0.25) is 0 Å². The van der Waals surface area contributed by atoms with Crippen LogP contribution in [0.1, 0.15) is 36.5 Å². The summed E-state index contributed by atoms with van der Waals surface area (Å²) >= 11 is 5.90. The quantitative estimate of drug-likeness (QED) is 0.860. The third-order valence-electron chi connectivity index (χ3n) is 3.00. The first-order chi connectivity index (χ1) is 8.69. The van der Waals surface area contributed by atoms with Crippen LogP contribution in [0.3, 0.4) is 0 Å². The van der Waals surface area contributed by atoms with Crippen LogP contribution in [0.5, 0.6) is 0 Å². The van der Waals surface area contributed by atoms with Crippen molar-refractivity contribution in [3.8, 4) is 0 Å². The molecule has 0 aliphatic heterocycles. The van der Waals surface area contributed by atoms with E-state index in [0.29, 0.717) is 6.04 Å². The summed E-state index contributed by atoms with van der Waals surface area (Å²) in [5, 5.41) is 4.27. The molecule has 0 fully saturated rings. The fourth-order valence-corrected chi connectivity index (χ4v) is 2.12. The standard InChI is InChI=1S/C15H18ClNO/c1-3-15(12-5-7-13(16)8-6-12)17-10-14-9-4-11(2)18-14/h4-9,15,17H,3,10H2,1-2H3. The smallest absolute Gasteiger partial charge is 0.117 e. The molecule has 1 heterocycles. The molecule has 2 nitrogen and oxygen atoms in total. The van der Waals surface area contributed by atoms with E-state index >= 15 is 0 Å². The van der Waals surface area contributed by atoms with Gasteiger partial charge in [0.1, 0.15) is 11.5 Å². The van der Waals surface area contributed by atoms with Gasteiger partial charge in [-0.15, -0.1) is 0 Å². The van der Waals surface area contributed by atoms with Crippen molar-refractivity contribution in [2.75, 3.05) is 0 Å². The van der Waals surface area contributed by atoms with E-state index in [1.807, 2.05) is 31.2 Å². The van der Waals surface area contributed by atoms with E-state index in [1.165, 1.54) is 5.56 Å². The molecule has 0 saturated carbocycles. The fraction of sp³-hybridized carbons (Fsp3) is 0.333. The molecule has 18 heavy (non-hydrogen) atoms. The van der Waals surface area contributed by atoms with Crippen LogP contribution in [0, 0.1) is 6.92 Å². The number of furan rings is 1. The molecule has 96 valence electrons. The summed E-state index contributed by atoms with van der Waals surface area (Å²) in [6.45, 7) is 4.87. The summed E-state index contributed by atoms with van der Waals surface area (Å²) in [6.07, 6.45) is 1.03. The highest BCUT2D eigenvalue weighted by Crippen LogP contribution is 2.20. The second-order valence-electron chi connectivity index (χ2n) is 4.41. The van der Waals surface area contributed by atoms with Gasteiger partial charge in [-0.3, -0.25) is 0 Å². The van der Waals surface area contributed by atoms with Crippen LogP contribution in [0.15, 0.2) is 40.8 Å². The molecule has 0 radical (unpaired) electrons. The van der Waals surface area contributed by atoms with Crippen LogP contribution in [-0.4, -0.2) is 0 Å². The molecular formula is C15H18ClNO. The van der Waals surface area contributed by atoms with Gasteiger partial charge in [0, 0.05) is 11.1 Å². The third-order valence-corrected chi connectivity index (χ3v) is 3.25. The first kappa shape index (κ1) is 13.2. The zero-order valence-corrected chi connectivity index (χ0v) is 11.5. The van der Waals surface area contributed by atoms with Gasteiger partial charge in [0.15, 0.2) is 0 Å². The number of hydrogen-bond acceptors (Lipinski definition) is 2. The van der Waals surface area contributed by atoms with E-state index in [0.717, 1.165) is 29.5 Å². The third kappa shape index (κ3) is 3.37. The molecule has 0 aliphatic carbocycles. The Kier molecular flexibility index (Phi) is 4.45. The van der Waals surface area contributed by atoms with Crippen molar-refractivity contribution < 1.29 is 4.42 Å². The molecule has 2 rings (SSSR count). The monoisotopic (exact) mass is 263 g/mol. The summed E-state index contributed by atoms with van der Waals surface area (Å²) in [5.74, 6) is 1.92.